The van der Waals surface area contributed by atoms with Gasteiger partial charge in [0.15, 0.2) is 0 Å². The van der Waals surface area contributed by atoms with E-state index in [1.54, 1.807) is 17.0 Å². The van der Waals surface area contributed by atoms with Crippen molar-refractivity contribution in [1.82, 2.24) is 0 Å². The van der Waals surface area contributed by atoms with Gasteiger partial charge in [0.25, 0.3) is 0 Å². The van der Waals surface area contributed by atoms with Gasteiger partial charge in [0.1, 0.15) is 0 Å². The SMILES string of the molecule is CC1(c2cccc3ccccc23)C=c2ccccc2=[C]1[Hf]([C]1=c2ccccc2=CC1(C)c1cccc2ccccc12)[SiH](c1ccccc1)c1ccccc1.Cl.Cl. The molecule has 0 spiro atoms. The summed E-state index contributed by atoms with van der Waals surface area (Å²) in [7, 11) is 0. The van der Waals surface area contributed by atoms with Crippen LogP contribution in [0.2, 0.25) is 0 Å². The van der Waals surface area contributed by atoms with E-state index in [0.29, 0.717) is 0 Å². The summed E-state index contributed by atoms with van der Waals surface area (Å²) in [5.41, 5.74) is 2.27. The number of fused-ring (bicyclic) bond motifs is 4. The van der Waals surface area contributed by atoms with Crippen molar-refractivity contribution in [3.63, 3.8) is 0 Å². The van der Waals surface area contributed by atoms with Gasteiger partial charge < -0.3 is 0 Å². The van der Waals surface area contributed by atoms with Gasteiger partial charge in [-0.25, -0.2) is 0 Å². The predicted molar refractivity (Wildman–Crippen MR) is 244 cm³/mol. The number of rotatable bonds is 7. The molecule has 0 fully saturated rings. The first-order valence-corrected chi connectivity index (χ1v) is 30.7. The summed E-state index contributed by atoms with van der Waals surface area (Å²) >= 11 is -3.47. The van der Waals surface area contributed by atoms with E-state index in [2.05, 4.69) is 220 Å². The van der Waals surface area contributed by atoms with Crippen LogP contribution in [0.5, 0.6) is 0 Å². The van der Waals surface area contributed by atoms with E-state index in [-0.39, 0.29) is 35.6 Å². The maximum absolute atomic E-state index is 3.47. The van der Waals surface area contributed by atoms with Gasteiger partial charge >= 0.3 is 328 Å². The molecule has 2 aliphatic rings. The second-order valence-electron chi connectivity index (χ2n) is 15.3. The zero-order valence-corrected chi connectivity index (χ0v) is 37.9. The van der Waals surface area contributed by atoms with E-state index in [4.69, 9.17) is 0 Å². The quantitative estimate of drug-likeness (QED) is 0.141. The van der Waals surface area contributed by atoms with E-state index >= 15 is 0 Å². The topological polar surface area (TPSA) is 0 Å². The maximum atomic E-state index is 2.64. The molecule has 2 aliphatic carbocycles. The monoisotopic (exact) mass is 945 g/mol. The van der Waals surface area contributed by atoms with Crippen molar-refractivity contribution >= 4 is 81.5 Å². The maximum Gasteiger partial charge on any atom is -0.147 e. The summed E-state index contributed by atoms with van der Waals surface area (Å²) < 4.78 is 3.46. The Morgan fingerprint density at radius 1 is 0.375 bits per heavy atom. The van der Waals surface area contributed by atoms with E-state index < -0.39 is 26.6 Å². The Bertz CT molecular complexity index is 2790. The van der Waals surface area contributed by atoms with Crippen LogP contribution < -0.4 is 31.2 Å². The summed E-state index contributed by atoms with van der Waals surface area (Å²) in [6.45, 7) is 5.13. The average molecular weight is 945 g/mol. The molecule has 2 unspecified atom stereocenters. The molecule has 0 aliphatic heterocycles. The fraction of sp³-hybridized carbons (Fsp3) is 0.0769. The van der Waals surface area contributed by atoms with Gasteiger partial charge in [-0.2, -0.15) is 0 Å². The largest absolute Gasteiger partial charge is 0.147 e. The molecule has 0 amide bonds. The Hall–Kier alpha value is -4.57. The van der Waals surface area contributed by atoms with Gasteiger partial charge in [-0.3, -0.25) is 0 Å². The van der Waals surface area contributed by atoms with Gasteiger partial charge in [-0.1, -0.05) is 0 Å². The molecule has 56 heavy (non-hydrogen) atoms. The first kappa shape index (κ1) is 38.3. The Balaban J connectivity index is 0.00000220. The molecule has 0 aromatic heterocycles. The summed E-state index contributed by atoms with van der Waals surface area (Å²) in [5.74, 6) is -1.93. The van der Waals surface area contributed by atoms with Gasteiger partial charge in [0.2, 0.25) is 0 Å². The van der Waals surface area contributed by atoms with Crippen LogP contribution in [0.15, 0.2) is 194 Å². The average Bonchev–Trinajstić information content (AvgIpc) is 3.71. The molecule has 0 heterocycles. The molecule has 0 N–H and O–H groups in total. The third-order valence-electron chi connectivity index (χ3n) is 12.2. The first-order chi connectivity index (χ1) is 26.5. The summed E-state index contributed by atoms with van der Waals surface area (Å²) in [6, 6.07) is 74.2. The molecule has 273 valence electrons. The molecule has 0 radical (unpaired) electrons. The number of benzene rings is 8. The Labute approximate surface area is 350 Å². The van der Waals surface area contributed by atoms with Crippen LogP contribution in [0.25, 0.3) is 40.4 Å². The number of hydrogen-bond donors (Lipinski definition) is 0. The van der Waals surface area contributed by atoms with Crippen molar-refractivity contribution in [2.45, 2.75) is 24.7 Å². The smallest absolute Gasteiger partial charge is 0.147 e. The Morgan fingerprint density at radius 3 is 1.18 bits per heavy atom. The van der Waals surface area contributed by atoms with Gasteiger partial charge in [0.05, 0.1) is 0 Å². The van der Waals surface area contributed by atoms with Crippen LogP contribution in [-0.4, -0.2) is 5.98 Å². The summed E-state index contributed by atoms with van der Waals surface area (Å²) in [4.78, 5) is 0. The number of halogens is 2. The van der Waals surface area contributed by atoms with Crippen molar-refractivity contribution in [3.8, 4) is 0 Å². The third-order valence-corrected chi connectivity index (χ3v) is 42.5. The predicted octanol–water partition coefficient (Wildman–Crippen LogP) is 8.41. The molecule has 8 aromatic carbocycles. The van der Waals surface area contributed by atoms with E-state index in [0.717, 1.165) is 0 Å². The molecule has 0 saturated carbocycles. The standard InChI is InChI=1S/2C20H15.C12H11Si.2ClH.Hf/c2*1-20(13-16-8-2-3-9-17(16)14-20)19-12-6-10-15-7-4-5-11-18(15)19;1-3-7-11(8-4-1)13-12-9-5-2-6-10-12;;;/h2*2-13H,1H3;1-10,13H;2*1H;. The zero-order valence-electron chi connectivity index (χ0n) is 31.5. The van der Waals surface area contributed by atoms with E-state index in [1.165, 1.54) is 53.5 Å². The minimum atomic E-state index is -3.47. The third kappa shape index (κ3) is 6.14. The van der Waals surface area contributed by atoms with Crippen molar-refractivity contribution in [3.05, 3.63) is 226 Å². The van der Waals surface area contributed by atoms with Gasteiger partial charge in [-0.15, -0.1) is 24.8 Å². The van der Waals surface area contributed by atoms with Crippen LogP contribution in [0.4, 0.5) is 0 Å². The second kappa shape index (κ2) is 15.4. The molecule has 0 nitrogen and oxygen atoms in total. The van der Waals surface area contributed by atoms with E-state index in [1.807, 2.05) is 0 Å². The van der Waals surface area contributed by atoms with Crippen LogP contribution in [0.1, 0.15) is 25.0 Å². The molecule has 4 heteroatoms. The summed E-state index contributed by atoms with van der Waals surface area (Å²) in [5, 5.41) is 14.1. The Kier molecular flexibility index (Phi) is 10.5. The van der Waals surface area contributed by atoms with Crippen LogP contribution in [0, 0.1) is 0 Å². The van der Waals surface area contributed by atoms with Crippen molar-refractivity contribution in [2.75, 3.05) is 0 Å². The normalized spacial score (nSPS) is 18.1. The fourth-order valence-electron chi connectivity index (χ4n) is 9.89. The molecule has 10 rings (SSSR count). The summed E-state index contributed by atoms with van der Waals surface area (Å²) in [6.07, 6.45) is 5.29. The minimum absolute atomic E-state index is 0. The molecule has 8 aromatic rings. The van der Waals surface area contributed by atoms with Crippen LogP contribution >= 0.6 is 24.8 Å². The first-order valence-electron chi connectivity index (χ1n) is 19.1. The van der Waals surface area contributed by atoms with Crippen LogP contribution in [0.3, 0.4) is 0 Å². The van der Waals surface area contributed by atoms with Crippen molar-refractivity contribution < 1.29 is 20.6 Å². The van der Waals surface area contributed by atoms with Crippen LogP contribution in [-0.2, 0) is 31.4 Å². The van der Waals surface area contributed by atoms with E-state index in [9.17, 15) is 0 Å². The Morgan fingerprint density at radius 2 is 0.732 bits per heavy atom. The molecule has 0 bridgehead atoms. The minimum Gasteiger partial charge on any atom is -0.147 e. The van der Waals surface area contributed by atoms with Crippen molar-refractivity contribution in [2.24, 2.45) is 0 Å². The van der Waals surface area contributed by atoms with Gasteiger partial charge in [0, 0.05) is 0 Å². The molecule has 2 atom stereocenters. The molecule has 0 saturated heterocycles. The molecular formula is C52H43Cl2HfSi. The molecular weight excluding hydrogens is 902 g/mol. The van der Waals surface area contributed by atoms with Gasteiger partial charge in [-0.05, 0) is 0 Å². The second-order valence-corrected chi connectivity index (χ2v) is 35.1. The fourth-order valence-corrected chi connectivity index (χ4v) is 47.9. The number of hydrogen-bond acceptors (Lipinski definition) is 0. The zero-order chi connectivity index (χ0) is 36.3. The van der Waals surface area contributed by atoms with Crippen molar-refractivity contribution in [1.29, 1.82) is 0 Å².